The van der Waals surface area contributed by atoms with Gasteiger partial charge in [-0.3, -0.25) is 9.59 Å². The number of carbonyl (C=O) groups is 3. The lowest BCUT2D eigenvalue weighted by Crippen LogP contribution is -2.46. The number of carbonyl (C=O) groups excluding carboxylic acids is 3. The molecule has 0 bridgehead atoms. The Balaban J connectivity index is 1.57. The minimum atomic E-state index is -0.473. The van der Waals surface area contributed by atoms with Gasteiger partial charge in [0.15, 0.2) is 0 Å². The number of urea groups is 1. The average molecular weight is 452 g/mol. The molecule has 3 rings (SSSR count). The number of amides is 3. The van der Waals surface area contributed by atoms with Crippen LogP contribution in [0.1, 0.15) is 40.5 Å². The molecule has 1 aliphatic rings. The summed E-state index contributed by atoms with van der Waals surface area (Å²) in [5.74, 6) is -0.850. The lowest BCUT2D eigenvalue weighted by atomic mass is 9.99. The number of benzene rings is 1. The van der Waals surface area contributed by atoms with Gasteiger partial charge >= 0.3 is 12.0 Å². The van der Waals surface area contributed by atoms with Gasteiger partial charge in [0.25, 0.3) is 5.91 Å². The van der Waals surface area contributed by atoms with E-state index in [2.05, 4.69) is 20.8 Å². The van der Waals surface area contributed by atoms with E-state index in [1.807, 2.05) is 0 Å². The minimum absolute atomic E-state index is 0.0164. The molecule has 1 saturated heterocycles. The van der Waals surface area contributed by atoms with Crippen LogP contribution >= 0.6 is 22.9 Å². The fraction of sp³-hybridized carbons (Fsp3) is 0.421. The van der Waals surface area contributed by atoms with Crippen LogP contribution in [0, 0.1) is 0 Å². The van der Waals surface area contributed by atoms with Crippen LogP contribution in [-0.2, 0) is 9.53 Å². The zero-order chi connectivity index (χ0) is 21.5. The summed E-state index contributed by atoms with van der Waals surface area (Å²) in [5, 5.41) is 14.9. The molecular formula is C19H22ClN5O4S. The van der Waals surface area contributed by atoms with Gasteiger partial charge in [-0.1, -0.05) is 29.0 Å². The van der Waals surface area contributed by atoms with Crippen molar-refractivity contribution in [1.29, 1.82) is 0 Å². The highest BCUT2D eigenvalue weighted by Crippen LogP contribution is 2.29. The maximum Gasteiger partial charge on any atom is 0.325 e. The average Bonchev–Trinajstić information content (AvgIpc) is 3.23. The van der Waals surface area contributed by atoms with Gasteiger partial charge in [0, 0.05) is 29.7 Å². The molecular weight excluding hydrogens is 430 g/mol. The van der Waals surface area contributed by atoms with Crippen molar-refractivity contribution in [3.8, 4) is 0 Å². The first kappa shape index (κ1) is 22.0. The summed E-state index contributed by atoms with van der Waals surface area (Å²) in [6.07, 6.45) is 1.63. The highest BCUT2D eigenvalue weighted by atomic mass is 35.5. The van der Waals surface area contributed by atoms with E-state index in [9.17, 15) is 14.4 Å². The van der Waals surface area contributed by atoms with Crippen LogP contribution < -0.4 is 10.6 Å². The molecule has 11 heteroatoms. The van der Waals surface area contributed by atoms with E-state index < -0.39 is 5.97 Å². The number of halogens is 1. The van der Waals surface area contributed by atoms with Crippen LogP contribution in [0.2, 0.25) is 5.02 Å². The molecule has 160 valence electrons. The van der Waals surface area contributed by atoms with E-state index >= 15 is 0 Å². The van der Waals surface area contributed by atoms with Gasteiger partial charge < -0.3 is 20.3 Å². The van der Waals surface area contributed by atoms with Crippen molar-refractivity contribution < 1.29 is 19.1 Å². The summed E-state index contributed by atoms with van der Waals surface area (Å²) in [6.45, 7) is 2.84. The second kappa shape index (κ2) is 10.4. The molecule has 9 nitrogen and oxygen atoms in total. The smallest absolute Gasteiger partial charge is 0.325 e. The molecule has 1 aromatic carbocycles. The largest absolute Gasteiger partial charge is 0.465 e. The third kappa shape index (κ3) is 5.90. The topological polar surface area (TPSA) is 114 Å². The zero-order valence-corrected chi connectivity index (χ0v) is 18.0. The number of hydrogen-bond acceptors (Lipinski definition) is 7. The summed E-state index contributed by atoms with van der Waals surface area (Å²) >= 11 is 7.14. The number of nitrogens with one attached hydrogen (secondary N) is 2. The molecule has 1 aliphatic heterocycles. The van der Waals surface area contributed by atoms with Crippen molar-refractivity contribution >= 4 is 46.5 Å². The number of nitrogens with zero attached hydrogens (tertiary/aromatic N) is 3. The standard InChI is InChI=1S/C19H22ClN5O4S/c1-2-29-15(26)10-21-19(28)25-8-4-5-12(11-25)17-23-24-18(30-17)16(27)22-14-7-3-6-13(20)9-14/h3,6-7,9,12H,2,4-5,8,10-11H2,1H3,(H,21,28)(H,22,27)/t12-/m1/s1. The van der Waals surface area contributed by atoms with Crippen LogP contribution in [0.4, 0.5) is 10.5 Å². The van der Waals surface area contributed by atoms with Crippen LogP contribution in [-0.4, -0.2) is 59.2 Å². The number of aromatic nitrogens is 2. The van der Waals surface area contributed by atoms with E-state index in [1.165, 1.54) is 11.3 Å². The van der Waals surface area contributed by atoms with Crippen molar-refractivity contribution in [2.75, 3.05) is 31.6 Å². The molecule has 1 aromatic heterocycles. The number of esters is 1. The second-order valence-corrected chi connectivity index (χ2v) is 8.10. The molecule has 0 spiro atoms. The summed E-state index contributed by atoms with van der Waals surface area (Å²) in [6, 6.07) is 6.52. The second-order valence-electron chi connectivity index (χ2n) is 6.66. The van der Waals surface area contributed by atoms with E-state index in [4.69, 9.17) is 16.3 Å². The monoisotopic (exact) mass is 451 g/mol. The first-order valence-corrected chi connectivity index (χ1v) is 10.7. The number of ether oxygens (including phenoxy) is 1. The van der Waals surface area contributed by atoms with E-state index in [0.717, 1.165) is 12.8 Å². The predicted octanol–water partition coefficient (Wildman–Crippen LogP) is 2.90. The van der Waals surface area contributed by atoms with E-state index in [-0.39, 0.29) is 36.0 Å². The van der Waals surface area contributed by atoms with Gasteiger partial charge in [-0.05, 0) is 38.0 Å². The SMILES string of the molecule is CCOC(=O)CNC(=O)N1CCC[C@@H](c2nnc(C(=O)Nc3cccc(Cl)c3)s2)C1. The third-order valence-electron chi connectivity index (χ3n) is 4.46. The van der Waals surface area contributed by atoms with Gasteiger partial charge in [-0.2, -0.15) is 0 Å². The summed E-state index contributed by atoms with van der Waals surface area (Å²) in [5.41, 5.74) is 0.575. The molecule has 0 saturated carbocycles. The Hall–Kier alpha value is -2.72. The normalized spacial score (nSPS) is 16.1. The lowest BCUT2D eigenvalue weighted by molar-refractivity contribution is -0.141. The fourth-order valence-electron chi connectivity index (χ4n) is 3.08. The van der Waals surface area contributed by atoms with Crippen LogP contribution in [0.25, 0.3) is 0 Å². The summed E-state index contributed by atoms with van der Waals surface area (Å²) in [7, 11) is 0. The summed E-state index contributed by atoms with van der Waals surface area (Å²) < 4.78 is 4.81. The first-order valence-electron chi connectivity index (χ1n) is 9.55. The highest BCUT2D eigenvalue weighted by molar-refractivity contribution is 7.13. The van der Waals surface area contributed by atoms with Crippen LogP contribution in [0.15, 0.2) is 24.3 Å². The molecule has 1 fully saturated rings. The maximum atomic E-state index is 12.4. The van der Waals surface area contributed by atoms with Gasteiger partial charge in [0.1, 0.15) is 11.6 Å². The molecule has 2 aromatic rings. The minimum Gasteiger partial charge on any atom is -0.465 e. The predicted molar refractivity (Wildman–Crippen MR) is 113 cm³/mol. The number of likely N-dealkylation sites (tertiary alicyclic amines) is 1. The summed E-state index contributed by atoms with van der Waals surface area (Å²) in [4.78, 5) is 37.8. The molecule has 30 heavy (non-hydrogen) atoms. The molecule has 2 N–H and O–H groups in total. The molecule has 2 heterocycles. The Morgan fingerprint density at radius 1 is 1.33 bits per heavy atom. The zero-order valence-electron chi connectivity index (χ0n) is 16.4. The van der Waals surface area contributed by atoms with Crippen LogP contribution in [0.3, 0.4) is 0 Å². The van der Waals surface area contributed by atoms with E-state index in [0.29, 0.717) is 28.8 Å². The maximum absolute atomic E-state index is 12.4. The Kier molecular flexibility index (Phi) is 7.58. The van der Waals surface area contributed by atoms with Gasteiger partial charge in [-0.15, -0.1) is 10.2 Å². The molecule has 1 atom stereocenters. The molecule has 3 amide bonds. The van der Waals surface area contributed by atoms with Gasteiger partial charge in [-0.25, -0.2) is 4.79 Å². The quantitative estimate of drug-likeness (QED) is 0.653. The van der Waals surface area contributed by atoms with Crippen molar-refractivity contribution in [2.24, 2.45) is 0 Å². The number of hydrogen-bond donors (Lipinski definition) is 2. The Bertz CT molecular complexity index is 922. The van der Waals surface area contributed by atoms with Gasteiger partial charge in [0.2, 0.25) is 5.01 Å². The van der Waals surface area contributed by atoms with Crippen molar-refractivity contribution in [3.63, 3.8) is 0 Å². The Morgan fingerprint density at radius 2 is 2.17 bits per heavy atom. The number of anilines is 1. The van der Waals surface area contributed by atoms with Crippen molar-refractivity contribution in [2.45, 2.75) is 25.7 Å². The lowest BCUT2D eigenvalue weighted by Gasteiger charge is -2.31. The van der Waals surface area contributed by atoms with E-state index in [1.54, 1.807) is 36.1 Å². The molecule has 0 unspecified atom stereocenters. The first-order chi connectivity index (χ1) is 14.5. The third-order valence-corrected chi connectivity index (χ3v) is 5.78. The van der Waals surface area contributed by atoms with Gasteiger partial charge in [0.05, 0.1) is 6.61 Å². The Morgan fingerprint density at radius 3 is 2.93 bits per heavy atom. The molecule has 0 radical (unpaired) electrons. The van der Waals surface area contributed by atoms with Crippen molar-refractivity contribution in [3.05, 3.63) is 39.3 Å². The number of piperidine rings is 1. The highest BCUT2D eigenvalue weighted by Gasteiger charge is 2.28. The Labute approximate surface area is 182 Å². The van der Waals surface area contributed by atoms with Crippen LogP contribution in [0.5, 0.6) is 0 Å². The van der Waals surface area contributed by atoms with Crippen molar-refractivity contribution in [1.82, 2.24) is 20.4 Å². The number of rotatable bonds is 6. The molecule has 0 aliphatic carbocycles. The fourth-order valence-corrected chi connectivity index (χ4v) is 4.13.